The molecule has 5 nitrogen and oxygen atoms in total. The molecule has 1 aromatic heterocycles. The number of rotatable bonds is 4. The molecule has 104 valence electrons. The van der Waals surface area contributed by atoms with Crippen LogP contribution in [0.2, 0.25) is 0 Å². The van der Waals surface area contributed by atoms with Gasteiger partial charge in [-0.3, -0.25) is 9.48 Å². The van der Waals surface area contributed by atoms with Gasteiger partial charge in [-0.15, -0.1) is 0 Å². The highest BCUT2D eigenvalue weighted by Gasteiger charge is 2.49. The SMILES string of the molecule is CC(Cn1cccn1)NC(=O)C1C2CCC(C2)C1N. The monoisotopic (exact) mass is 262 g/mol. The number of hydrogen-bond donors (Lipinski definition) is 2. The van der Waals surface area contributed by atoms with Gasteiger partial charge in [-0.1, -0.05) is 0 Å². The van der Waals surface area contributed by atoms with Crippen LogP contribution in [0.15, 0.2) is 18.5 Å². The maximum Gasteiger partial charge on any atom is 0.225 e. The molecule has 3 rings (SSSR count). The van der Waals surface area contributed by atoms with Crippen molar-refractivity contribution in [2.75, 3.05) is 0 Å². The summed E-state index contributed by atoms with van der Waals surface area (Å²) in [6.45, 7) is 2.72. The van der Waals surface area contributed by atoms with Crippen molar-refractivity contribution < 1.29 is 4.79 Å². The van der Waals surface area contributed by atoms with E-state index in [0.717, 1.165) is 6.42 Å². The normalized spacial score (nSPS) is 34.4. The molecule has 19 heavy (non-hydrogen) atoms. The minimum atomic E-state index is 0.0267. The van der Waals surface area contributed by atoms with Crippen molar-refractivity contribution in [2.45, 2.75) is 44.8 Å². The van der Waals surface area contributed by atoms with Crippen LogP contribution in [0.3, 0.4) is 0 Å². The minimum Gasteiger partial charge on any atom is -0.351 e. The van der Waals surface area contributed by atoms with Gasteiger partial charge in [0.15, 0.2) is 0 Å². The summed E-state index contributed by atoms with van der Waals surface area (Å²) in [4.78, 5) is 12.4. The van der Waals surface area contributed by atoms with Gasteiger partial charge in [0.25, 0.3) is 0 Å². The highest BCUT2D eigenvalue weighted by atomic mass is 16.2. The standard InChI is InChI=1S/C14H22N4O/c1-9(8-18-6-2-5-16-18)17-14(19)12-10-3-4-11(7-10)13(12)15/h2,5-6,9-13H,3-4,7-8,15H2,1H3,(H,17,19). The summed E-state index contributed by atoms with van der Waals surface area (Å²) in [5.74, 6) is 1.25. The number of hydrogen-bond acceptors (Lipinski definition) is 3. The van der Waals surface area contributed by atoms with Crippen LogP contribution in [0, 0.1) is 17.8 Å². The Morgan fingerprint density at radius 1 is 1.53 bits per heavy atom. The zero-order chi connectivity index (χ0) is 13.4. The summed E-state index contributed by atoms with van der Waals surface area (Å²) in [6.07, 6.45) is 7.18. The van der Waals surface area contributed by atoms with Gasteiger partial charge < -0.3 is 11.1 Å². The van der Waals surface area contributed by atoms with Gasteiger partial charge in [-0.05, 0) is 44.1 Å². The number of aromatic nitrogens is 2. The van der Waals surface area contributed by atoms with Crippen LogP contribution in [-0.2, 0) is 11.3 Å². The molecule has 0 saturated heterocycles. The lowest BCUT2D eigenvalue weighted by Gasteiger charge is -2.28. The first kappa shape index (κ1) is 12.7. The summed E-state index contributed by atoms with van der Waals surface area (Å²) < 4.78 is 1.84. The maximum absolute atomic E-state index is 12.4. The molecule has 2 fully saturated rings. The molecule has 5 unspecified atom stereocenters. The number of carbonyl (C=O) groups is 1. The Labute approximate surface area is 113 Å². The lowest BCUT2D eigenvalue weighted by atomic mass is 9.84. The van der Waals surface area contributed by atoms with E-state index >= 15 is 0 Å². The summed E-state index contributed by atoms with van der Waals surface area (Å²) in [6, 6.07) is 2.04. The number of nitrogens with zero attached hydrogens (tertiary/aromatic N) is 2. The summed E-state index contributed by atoms with van der Waals surface area (Å²) in [5, 5.41) is 7.25. The van der Waals surface area contributed by atoms with Gasteiger partial charge in [0, 0.05) is 24.5 Å². The van der Waals surface area contributed by atoms with Gasteiger partial charge in [0.2, 0.25) is 5.91 Å². The van der Waals surface area contributed by atoms with Crippen molar-refractivity contribution in [1.29, 1.82) is 0 Å². The van der Waals surface area contributed by atoms with Crippen molar-refractivity contribution >= 4 is 5.91 Å². The van der Waals surface area contributed by atoms with Crippen LogP contribution in [0.25, 0.3) is 0 Å². The Hall–Kier alpha value is -1.36. The average Bonchev–Trinajstić information content (AvgIpc) is 3.04. The predicted octanol–water partition coefficient (Wildman–Crippen LogP) is 0.761. The van der Waals surface area contributed by atoms with E-state index in [4.69, 9.17) is 5.73 Å². The Bertz CT molecular complexity index is 442. The lowest BCUT2D eigenvalue weighted by Crippen LogP contribution is -2.48. The number of fused-ring (bicyclic) bond motifs is 2. The van der Waals surface area contributed by atoms with Crippen LogP contribution in [0.1, 0.15) is 26.2 Å². The van der Waals surface area contributed by atoms with Crippen molar-refractivity contribution in [2.24, 2.45) is 23.5 Å². The van der Waals surface area contributed by atoms with Gasteiger partial charge in [-0.2, -0.15) is 5.10 Å². The van der Waals surface area contributed by atoms with E-state index in [2.05, 4.69) is 10.4 Å². The van der Waals surface area contributed by atoms with E-state index < -0.39 is 0 Å². The van der Waals surface area contributed by atoms with Crippen molar-refractivity contribution in [3.63, 3.8) is 0 Å². The second-order valence-corrected chi connectivity index (χ2v) is 6.07. The van der Waals surface area contributed by atoms with Gasteiger partial charge in [-0.25, -0.2) is 0 Å². The van der Waals surface area contributed by atoms with Crippen LogP contribution >= 0.6 is 0 Å². The molecule has 0 radical (unpaired) electrons. The smallest absolute Gasteiger partial charge is 0.225 e. The van der Waals surface area contributed by atoms with Crippen molar-refractivity contribution in [3.8, 4) is 0 Å². The molecular weight excluding hydrogens is 240 g/mol. The van der Waals surface area contributed by atoms with Gasteiger partial charge in [0.1, 0.15) is 0 Å². The zero-order valence-corrected chi connectivity index (χ0v) is 11.3. The molecule has 3 N–H and O–H groups in total. The lowest BCUT2D eigenvalue weighted by molar-refractivity contribution is -0.127. The van der Waals surface area contributed by atoms with Crippen LogP contribution in [0.4, 0.5) is 0 Å². The first-order chi connectivity index (χ1) is 9.15. The van der Waals surface area contributed by atoms with Crippen LogP contribution in [-0.4, -0.2) is 27.8 Å². The highest BCUT2D eigenvalue weighted by molar-refractivity contribution is 5.80. The van der Waals surface area contributed by atoms with Gasteiger partial charge in [0.05, 0.1) is 12.5 Å². The molecule has 1 amide bonds. The van der Waals surface area contributed by atoms with E-state index in [0.29, 0.717) is 18.4 Å². The fraction of sp³-hybridized carbons (Fsp3) is 0.714. The molecule has 2 saturated carbocycles. The zero-order valence-electron chi connectivity index (χ0n) is 11.3. The highest BCUT2D eigenvalue weighted by Crippen LogP contribution is 2.47. The molecule has 0 spiro atoms. The number of amides is 1. The predicted molar refractivity (Wildman–Crippen MR) is 72.1 cm³/mol. The topological polar surface area (TPSA) is 72.9 Å². The van der Waals surface area contributed by atoms with Crippen molar-refractivity contribution in [1.82, 2.24) is 15.1 Å². The quantitative estimate of drug-likeness (QED) is 0.841. The minimum absolute atomic E-state index is 0.0267. The molecular formula is C14H22N4O. The van der Waals surface area contributed by atoms with Crippen molar-refractivity contribution in [3.05, 3.63) is 18.5 Å². The van der Waals surface area contributed by atoms with E-state index in [9.17, 15) is 4.79 Å². The van der Waals surface area contributed by atoms with E-state index in [-0.39, 0.29) is 23.9 Å². The third-order valence-corrected chi connectivity index (χ3v) is 4.69. The summed E-state index contributed by atoms with van der Waals surface area (Å²) in [5.41, 5.74) is 6.20. The number of carbonyl (C=O) groups excluding carboxylic acids is 1. The van der Waals surface area contributed by atoms with E-state index in [1.807, 2.05) is 23.9 Å². The Morgan fingerprint density at radius 3 is 2.95 bits per heavy atom. The Balaban J connectivity index is 1.56. The average molecular weight is 262 g/mol. The summed E-state index contributed by atoms with van der Waals surface area (Å²) >= 11 is 0. The third-order valence-electron chi connectivity index (χ3n) is 4.69. The number of nitrogens with one attached hydrogen (secondary N) is 1. The second kappa shape index (κ2) is 4.96. The molecule has 5 atom stereocenters. The first-order valence-electron chi connectivity index (χ1n) is 7.18. The van der Waals surface area contributed by atoms with Crippen LogP contribution < -0.4 is 11.1 Å². The maximum atomic E-state index is 12.4. The largest absolute Gasteiger partial charge is 0.351 e. The molecule has 5 heteroatoms. The van der Waals surface area contributed by atoms with Crippen LogP contribution in [0.5, 0.6) is 0 Å². The Kier molecular flexibility index (Phi) is 3.31. The second-order valence-electron chi connectivity index (χ2n) is 6.07. The molecule has 2 aliphatic rings. The van der Waals surface area contributed by atoms with E-state index in [1.165, 1.54) is 12.8 Å². The number of nitrogens with two attached hydrogens (primary N) is 1. The molecule has 1 aromatic rings. The summed E-state index contributed by atoms with van der Waals surface area (Å²) in [7, 11) is 0. The third kappa shape index (κ3) is 2.39. The molecule has 1 heterocycles. The molecule has 2 aliphatic carbocycles. The Morgan fingerprint density at radius 2 is 2.32 bits per heavy atom. The fourth-order valence-corrected chi connectivity index (χ4v) is 3.80. The van der Waals surface area contributed by atoms with E-state index in [1.54, 1.807) is 6.20 Å². The fourth-order valence-electron chi connectivity index (χ4n) is 3.80. The molecule has 0 aliphatic heterocycles. The molecule has 0 aromatic carbocycles. The van der Waals surface area contributed by atoms with Gasteiger partial charge >= 0.3 is 0 Å². The molecule has 2 bridgehead atoms. The first-order valence-corrected chi connectivity index (χ1v) is 7.18.